The largest absolute Gasteiger partial charge is 0.507 e. The molecular weight excluding hydrogens is 476 g/mol. The average Bonchev–Trinajstić information content (AvgIpc) is 2.92. The molecule has 1 amide bonds. The topological polar surface area (TPSA) is 91.1 Å². The number of aromatic hydroxyl groups is 1. The number of nitrogens with one attached hydrogen (secondary N) is 1. The van der Waals surface area contributed by atoms with Crippen LogP contribution in [0.3, 0.4) is 0 Å². The summed E-state index contributed by atoms with van der Waals surface area (Å²) < 4.78 is 6.01. The third-order valence-corrected chi connectivity index (χ3v) is 7.44. The van der Waals surface area contributed by atoms with Gasteiger partial charge in [0.1, 0.15) is 23.7 Å². The molecule has 0 aromatic heterocycles. The fourth-order valence-corrected chi connectivity index (χ4v) is 5.39. The quantitative estimate of drug-likeness (QED) is 0.379. The fraction of sp³-hybridized carbons (Fsp3) is 0.323. The number of ether oxygens (including phenoxy) is 1. The van der Waals surface area contributed by atoms with Crippen molar-refractivity contribution in [2.24, 2.45) is 0 Å². The van der Waals surface area contributed by atoms with Crippen molar-refractivity contribution in [2.75, 3.05) is 30.7 Å². The van der Waals surface area contributed by atoms with Crippen LogP contribution in [0.15, 0.2) is 72.9 Å². The number of likely N-dealkylation sites (tertiary alicyclic amines) is 1. The molecule has 4 N–H and O–H groups in total. The zero-order valence-electron chi connectivity index (χ0n) is 22.0. The molecule has 1 fully saturated rings. The van der Waals surface area contributed by atoms with Crippen LogP contribution in [0.25, 0.3) is 0 Å². The van der Waals surface area contributed by atoms with E-state index in [1.165, 1.54) is 11.6 Å². The van der Waals surface area contributed by atoms with E-state index in [-0.39, 0.29) is 29.6 Å². The van der Waals surface area contributed by atoms with Gasteiger partial charge in [-0.3, -0.25) is 4.79 Å². The Labute approximate surface area is 224 Å². The van der Waals surface area contributed by atoms with Crippen LogP contribution >= 0.6 is 0 Å². The van der Waals surface area contributed by atoms with Gasteiger partial charge in [0.25, 0.3) is 5.91 Å². The lowest BCUT2D eigenvalue weighted by atomic mass is 9.96. The van der Waals surface area contributed by atoms with Gasteiger partial charge < -0.3 is 30.7 Å². The molecule has 0 unspecified atom stereocenters. The smallest absolute Gasteiger partial charge is 0.261 e. The van der Waals surface area contributed by atoms with E-state index in [9.17, 15) is 9.90 Å². The zero-order chi connectivity index (χ0) is 26.6. The number of rotatable bonds is 7. The van der Waals surface area contributed by atoms with Crippen LogP contribution in [0.4, 0.5) is 11.4 Å². The highest BCUT2D eigenvalue weighted by molar-refractivity contribution is 6.00. The van der Waals surface area contributed by atoms with E-state index in [2.05, 4.69) is 41.9 Å². The molecule has 3 aromatic carbocycles. The van der Waals surface area contributed by atoms with Crippen LogP contribution in [0.2, 0.25) is 0 Å². The van der Waals surface area contributed by atoms with E-state index in [0.717, 1.165) is 54.9 Å². The van der Waals surface area contributed by atoms with E-state index >= 15 is 0 Å². The number of hydrogen-bond acceptors (Lipinski definition) is 6. The summed E-state index contributed by atoms with van der Waals surface area (Å²) in [6.07, 6.45) is 2.96. The molecule has 2 heterocycles. The van der Waals surface area contributed by atoms with Crippen LogP contribution in [0.1, 0.15) is 46.8 Å². The first kappa shape index (κ1) is 25.5. The lowest BCUT2D eigenvalue weighted by Crippen LogP contribution is -2.41. The number of allylic oxidation sites excluding steroid dienone is 1. The highest BCUT2D eigenvalue weighted by atomic mass is 16.5. The maximum Gasteiger partial charge on any atom is 0.261 e. The number of nitrogen functional groups attached to an aromatic ring is 1. The van der Waals surface area contributed by atoms with Crippen molar-refractivity contribution in [3.05, 3.63) is 95.2 Å². The second-order valence-electron chi connectivity index (χ2n) is 10.3. The monoisotopic (exact) mass is 512 g/mol. The average molecular weight is 513 g/mol. The molecule has 0 aliphatic carbocycles. The lowest BCUT2D eigenvalue weighted by molar-refractivity contribution is 0.0727. The molecule has 7 nitrogen and oxygen atoms in total. The number of phenols is 1. The van der Waals surface area contributed by atoms with Crippen LogP contribution in [0.5, 0.6) is 11.5 Å². The van der Waals surface area contributed by atoms with E-state index < -0.39 is 0 Å². The molecule has 2 aliphatic heterocycles. The third-order valence-electron chi connectivity index (χ3n) is 7.44. The Kier molecular flexibility index (Phi) is 7.45. The number of hydrogen-bond donors (Lipinski definition) is 3. The molecule has 38 heavy (non-hydrogen) atoms. The summed E-state index contributed by atoms with van der Waals surface area (Å²) in [6.45, 7) is 9.42. The molecule has 198 valence electrons. The number of piperidine rings is 1. The maximum atomic E-state index is 13.8. The first-order valence-electron chi connectivity index (χ1n) is 13.3. The Hall–Kier alpha value is -4.13. The normalized spacial score (nSPS) is 17.0. The number of fused-ring (bicyclic) bond motifs is 1. The standard InChI is InChI=1S/C31H36N4O3/c1-21(2)34-14-7-11-25(18-34)33-27-12-6-10-23-13-15-35(19-26(23)27)31(37)30-28(36)16-24(32)17-29(30)38-20-22-8-4-3-5-9-22/h3-6,8-10,12,16-17,25,33,36H,1,7,11,13-15,18-20,32H2,2H3/t25-/m1/s1. The SMILES string of the molecule is C=C(C)N1CCC[C@@H](Nc2cccc3c2CN(C(=O)c2c(O)cc(N)cc2OCc2ccccc2)CC3)C1. The number of carbonyl (C=O) groups excluding carboxylic acids is 1. The summed E-state index contributed by atoms with van der Waals surface area (Å²) in [5.41, 5.74) is 12.0. The summed E-state index contributed by atoms with van der Waals surface area (Å²) in [5, 5.41) is 14.5. The molecule has 0 radical (unpaired) electrons. The van der Waals surface area contributed by atoms with Crippen LogP contribution < -0.4 is 15.8 Å². The molecular formula is C31H36N4O3. The number of nitrogens with two attached hydrogens (primary N) is 1. The summed E-state index contributed by atoms with van der Waals surface area (Å²) in [7, 11) is 0. The second kappa shape index (κ2) is 11.1. The van der Waals surface area contributed by atoms with E-state index in [1.54, 1.807) is 11.0 Å². The molecule has 2 aliphatic rings. The van der Waals surface area contributed by atoms with Crippen molar-refractivity contribution >= 4 is 17.3 Å². The van der Waals surface area contributed by atoms with Gasteiger partial charge in [-0.05, 0) is 48.9 Å². The number of phenolic OH excluding ortho intramolecular Hbond substituents is 1. The molecule has 0 saturated carbocycles. The van der Waals surface area contributed by atoms with Crippen LogP contribution in [-0.4, -0.2) is 46.5 Å². The van der Waals surface area contributed by atoms with Gasteiger partial charge in [0.05, 0.1) is 0 Å². The van der Waals surface area contributed by atoms with Gasteiger partial charge in [-0.25, -0.2) is 0 Å². The van der Waals surface area contributed by atoms with Gasteiger partial charge >= 0.3 is 0 Å². The predicted octanol–water partition coefficient (Wildman–Crippen LogP) is 5.16. The van der Waals surface area contributed by atoms with Gasteiger partial charge in [-0.2, -0.15) is 0 Å². The van der Waals surface area contributed by atoms with Gasteiger partial charge in [0.15, 0.2) is 0 Å². The number of carbonyl (C=O) groups is 1. The molecule has 7 heteroatoms. The van der Waals surface area contributed by atoms with Crippen molar-refractivity contribution in [2.45, 2.75) is 45.4 Å². The summed E-state index contributed by atoms with van der Waals surface area (Å²) in [6, 6.07) is 19.4. The van der Waals surface area contributed by atoms with Crippen molar-refractivity contribution in [3.8, 4) is 11.5 Å². The molecule has 0 bridgehead atoms. The van der Waals surface area contributed by atoms with E-state index in [1.807, 2.05) is 30.3 Å². The zero-order valence-corrected chi connectivity index (χ0v) is 22.0. The first-order valence-corrected chi connectivity index (χ1v) is 13.3. The Morgan fingerprint density at radius 3 is 2.74 bits per heavy atom. The van der Waals surface area contributed by atoms with Crippen molar-refractivity contribution in [3.63, 3.8) is 0 Å². The van der Waals surface area contributed by atoms with Crippen molar-refractivity contribution in [1.82, 2.24) is 9.80 Å². The summed E-state index contributed by atoms with van der Waals surface area (Å²) in [4.78, 5) is 17.9. The minimum atomic E-state index is -0.267. The van der Waals surface area contributed by atoms with Crippen LogP contribution in [-0.2, 0) is 19.6 Å². The molecule has 5 rings (SSSR count). The second-order valence-corrected chi connectivity index (χ2v) is 10.3. The highest BCUT2D eigenvalue weighted by Gasteiger charge is 2.29. The summed E-state index contributed by atoms with van der Waals surface area (Å²) >= 11 is 0. The minimum absolute atomic E-state index is 0.147. The van der Waals surface area contributed by atoms with Crippen LogP contribution in [0, 0.1) is 0 Å². The molecule has 3 aromatic rings. The van der Waals surface area contributed by atoms with Gasteiger partial charge in [-0.1, -0.05) is 49.0 Å². The Bertz CT molecular complexity index is 1320. The first-order chi connectivity index (χ1) is 18.4. The fourth-order valence-electron chi connectivity index (χ4n) is 5.39. The molecule has 1 saturated heterocycles. The third kappa shape index (κ3) is 5.57. The van der Waals surface area contributed by atoms with Gasteiger partial charge in [0, 0.05) is 61.4 Å². The van der Waals surface area contributed by atoms with E-state index in [4.69, 9.17) is 10.5 Å². The Balaban J connectivity index is 1.36. The lowest BCUT2D eigenvalue weighted by Gasteiger charge is -2.37. The minimum Gasteiger partial charge on any atom is -0.507 e. The number of nitrogens with zero attached hydrogens (tertiary/aromatic N) is 2. The number of amides is 1. The highest BCUT2D eigenvalue weighted by Crippen LogP contribution is 2.35. The van der Waals surface area contributed by atoms with Crippen molar-refractivity contribution in [1.29, 1.82) is 0 Å². The Morgan fingerprint density at radius 2 is 1.95 bits per heavy atom. The van der Waals surface area contributed by atoms with Gasteiger partial charge in [-0.15, -0.1) is 0 Å². The van der Waals surface area contributed by atoms with Crippen molar-refractivity contribution < 1.29 is 14.6 Å². The number of anilines is 2. The predicted molar refractivity (Wildman–Crippen MR) is 151 cm³/mol. The molecule has 0 spiro atoms. The van der Waals surface area contributed by atoms with E-state index in [0.29, 0.717) is 24.8 Å². The Morgan fingerprint density at radius 1 is 1.13 bits per heavy atom. The maximum absolute atomic E-state index is 13.8. The number of benzene rings is 3. The summed E-state index contributed by atoms with van der Waals surface area (Å²) in [5.74, 6) is -0.148. The molecule has 1 atom stereocenters. The van der Waals surface area contributed by atoms with Gasteiger partial charge in [0.2, 0.25) is 0 Å².